The fourth-order valence-electron chi connectivity index (χ4n) is 1.48. The number of ether oxygens (including phenoxy) is 1. The number of rotatable bonds is 4. The van der Waals surface area contributed by atoms with Crippen LogP contribution < -0.4 is 4.74 Å². The summed E-state index contributed by atoms with van der Waals surface area (Å²) < 4.78 is 5.04. The maximum atomic E-state index is 9.91. The Morgan fingerprint density at radius 2 is 2.11 bits per heavy atom. The number of hydrogen-bond donors (Lipinski definition) is 1. The molecule has 0 radical (unpaired) electrons. The van der Waals surface area contributed by atoms with Crippen LogP contribution in [0.1, 0.15) is 11.1 Å². The summed E-state index contributed by atoms with van der Waals surface area (Å²) >= 11 is 0. The van der Waals surface area contributed by atoms with Crippen molar-refractivity contribution in [3.05, 3.63) is 41.5 Å². The lowest BCUT2D eigenvalue weighted by atomic mass is 10.0. The van der Waals surface area contributed by atoms with Crippen molar-refractivity contribution >= 4 is 6.08 Å². The van der Waals surface area contributed by atoms with Crippen LogP contribution in [0.2, 0.25) is 0 Å². The molecule has 0 amide bonds. The minimum atomic E-state index is -0.0895. The molecule has 0 aliphatic heterocycles. The SMILES string of the molecule is C=CCc1cc(C=C(C#N)C#N)c(O)c(OC)c1. The lowest BCUT2D eigenvalue weighted by molar-refractivity contribution is 0.372. The predicted molar refractivity (Wildman–Crippen MR) is 67.8 cm³/mol. The number of benzene rings is 1. The van der Waals surface area contributed by atoms with E-state index >= 15 is 0 Å². The molecule has 0 unspecified atom stereocenters. The Balaban J connectivity index is 3.39. The van der Waals surface area contributed by atoms with E-state index in [4.69, 9.17) is 15.3 Å². The Morgan fingerprint density at radius 3 is 2.61 bits per heavy atom. The molecule has 0 aromatic heterocycles. The molecule has 0 aliphatic rings. The topological polar surface area (TPSA) is 77.0 Å². The molecule has 0 bridgehead atoms. The molecule has 0 saturated carbocycles. The monoisotopic (exact) mass is 240 g/mol. The summed E-state index contributed by atoms with van der Waals surface area (Å²) in [5, 5.41) is 27.3. The van der Waals surface area contributed by atoms with Gasteiger partial charge in [-0.05, 0) is 30.2 Å². The van der Waals surface area contributed by atoms with E-state index in [-0.39, 0.29) is 11.3 Å². The van der Waals surface area contributed by atoms with E-state index in [0.717, 1.165) is 5.56 Å². The Morgan fingerprint density at radius 1 is 1.44 bits per heavy atom. The zero-order chi connectivity index (χ0) is 13.5. The van der Waals surface area contributed by atoms with Gasteiger partial charge in [-0.15, -0.1) is 6.58 Å². The van der Waals surface area contributed by atoms with Crippen molar-refractivity contribution < 1.29 is 9.84 Å². The standard InChI is InChI=1S/C14H12N2O2/c1-3-4-10-5-12(6-11(8-15)9-16)14(17)13(7-10)18-2/h3,5-7,17H,1,4H2,2H3. The molecule has 0 saturated heterocycles. The second-order valence-corrected chi connectivity index (χ2v) is 3.51. The summed E-state index contributed by atoms with van der Waals surface area (Å²) in [7, 11) is 1.44. The van der Waals surface area contributed by atoms with Gasteiger partial charge in [0.2, 0.25) is 0 Å². The van der Waals surface area contributed by atoms with E-state index in [0.29, 0.717) is 17.7 Å². The van der Waals surface area contributed by atoms with Gasteiger partial charge in [-0.3, -0.25) is 0 Å². The highest BCUT2D eigenvalue weighted by molar-refractivity contribution is 5.69. The van der Waals surface area contributed by atoms with Crippen LogP contribution in [0.15, 0.2) is 30.4 Å². The summed E-state index contributed by atoms with van der Waals surface area (Å²) in [4.78, 5) is 0. The number of nitrogens with zero attached hydrogens (tertiary/aromatic N) is 2. The molecule has 0 spiro atoms. The van der Waals surface area contributed by atoms with Gasteiger partial charge < -0.3 is 9.84 Å². The molecule has 0 atom stereocenters. The van der Waals surface area contributed by atoms with Crippen LogP contribution in [0.25, 0.3) is 6.08 Å². The molecule has 1 aromatic rings. The van der Waals surface area contributed by atoms with Gasteiger partial charge >= 0.3 is 0 Å². The first-order chi connectivity index (χ1) is 8.65. The lowest BCUT2D eigenvalue weighted by Gasteiger charge is -2.09. The quantitative estimate of drug-likeness (QED) is 0.648. The van der Waals surface area contributed by atoms with Crippen LogP contribution in [0.4, 0.5) is 0 Å². The molecule has 90 valence electrons. The Labute approximate surface area is 106 Å². The average Bonchev–Trinajstić information content (AvgIpc) is 2.39. The number of nitriles is 2. The van der Waals surface area contributed by atoms with Crippen LogP contribution in [0.5, 0.6) is 11.5 Å². The van der Waals surface area contributed by atoms with Gasteiger partial charge in [0.1, 0.15) is 17.7 Å². The number of methoxy groups -OCH3 is 1. The second-order valence-electron chi connectivity index (χ2n) is 3.51. The maximum Gasteiger partial charge on any atom is 0.165 e. The third kappa shape index (κ3) is 2.90. The van der Waals surface area contributed by atoms with Crippen molar-refractivity contribution in [1.82, 2.24) is 0 Å². The van der Waals surface area contributed by atoms with Crippen molar-refractivity contribution in [3.8, 4) is 23.6 Å². The number of phenolic OH excluding ortho intramolecular Hbond substituents is 1. The molecule has 0 heterocycles. The summed E-state index contributed by atoms with van der Waals surface area (Å²) in [6.07, 6.45) is 3.64. The van der Waals surface area contributed by atoms with Crippen LogP contribution in [-0.4, -0.2) is 12.2 Å². The van der Waals surface area contributed by atoms with E-state index in [2.05, 4.69) is 6.58 Å². The zero-order valence-corrected chi connectivity index (χ0v) is 9.97. The molecule has 4 nitrogen and oxygen atoms in total. The van der Waals surface area contributed by atoms with Gasteiger partial charge in [0.15, 0.2) is 11.5 Å². The number of aromatic hydroxyl groups is 1. The summed E-state index contributed by atoms with van der Waals surface area (Å²) in [6.45, 7) is 3.63. The minimum absolute atomic E-state index is 0.0805. The summed E-state index contributed by atoms with van der Waals surface area (Å²) in [6, 6.07) is 6.86. The van der Waals surface area contributed by atoms with Crippen LogP contribution >= 0.6 is 0 Å². The van der Waals surface area contributed by atoms with Crippen molar-refractivity contribution in [2.24, 2.45) is 0 Å². The van der Waals surface area contributed by atoms with E-state index in [1.807, 2.05) is 0 Å². The Kier molecular flexibility index (Phi) is 4.54. The Bertz CT molecular complexity index is 559. The van der Waals surface area contributed by atoms with E-state index in [9.17, 15) is 5.11 Å². The highest BCUT2D eigenvalue weighted by Gasteiger charge is 2.09. The van der Waals surface area contributed by atoms with Gasteiger partial charge in [-0.25, -0.2) is 0 Å². The normalized spacial score (nSPS) is 8.83. The molecule has 18 heavy (non-hydrogen) atoms. The first-order valence-corrected chi connectivity index (χ1v) is 5.19. The number of hydrogen-bond acceptors (Lipinski definition) is 4. The fraction of sp³-hybridized carbons (Fsp3) is 0.143. The minimum Gasteiger partial charge on any atom is -0.504 e. The van der Waals surface area contributed by atoms with Gasteiger partial charge in [0.05, 0.1) is 7.11 Å². The second kappa shape index (κ2) is 6.12. The van der Waals surface area contributed by atoms with E-state index in [1.54, 1.807) is 30.3 Å². The van der Waals surface area contributed by atoms with Crippen LogP contribution in [0.3, 0.4) is 0 Å². The average molecular weight is 240 g/mol. The zero-order valence-electron chi connectivity index (χ0n) is 9.97. The van der Waals surface area contributed by atoms with Gasteiger partial charge in [-0.2, -0.15) is 10.5 Å². The van der Waals surface area contributed by atoms with E-state index in [1.165, 1.54) is 13.2 Å². The van der Waals surface area contributed by atoms with Crippen molar-refractivity contribution in [3.63, 3.8) is 0 Å². The molecule has 1 rings (SSSR count). The summed E-state index contributed by atoms with van der Waals surface area (Å²) in [5.74, 6) is 0.212. The lowest BCUT2D eigenvalue weighted by Crippen LogP contribution is -1.91. The smallest absolute Gasteiger partial charge is 0.165 e. The van der Waals surface area contributed by atoms with Crippen LogP contribution in [-0.2, 0) is 6.42 Å². The highest BCUT2D eigenvalue weighted by atomic mass is 16.5. The van der Waals surface area contributed by atoms with E-state index < -0.39 is 0 Å². The molecule has 1 aromatic carbocycles. The molecule has 1 N–H and O–H groups in total. The van der Waals surface area contributed by atoms with Crippen LogP contribution in [0, 0.1) is 22.7 Å². The van der Waals surface area contributed by atoms with Gasteiger partial charge in [0.25, 0.3) is 0 Å². The number of phenols is 1. The third-order valence-electron chi connectivity index (χ3n) is 2.30. The Hall–Kier alpha value is -2.72. The van der Waals surface area contributed by atoms with Crippen molar-refractivity contribution in [2.75, 3.05) is 7.11 Å². The first-order valence-electron chi connectivity index (χ1n) is 5.19. The third-order valence-corrected chi connectivity index (χ3v) is 2.30. The summed E-state index contributed by atoms with van der Waals surface area (Å²) in [5.41, 5.74) is 1.17. The van der Waals surface area contributed by atoms with Crippen molar-refractivity contribution in [2.45, 2.75) is 6.42 Å². The molecule has 4 heteroatoms. The maximum absolute atomic E-state index is 9.91. The predicted octanol–water partition coefficient (Wildman–Crippen LogP) is 2.56. The first kappa shape index (κ1) is 13.3. The fourth-order valence-corrected chi connectivity index (χ4v) is 1.48. The van der Waals surface area contributed by atoms with Gasteiger partial charge in [-0.1, -0.05) is 6.08 Å². The molecule has 0 fully saturated rings. The largest absolute Gasteiger partial charge is 0.504 e. The molecule has 0 aliphatic carbocycles. The highest BCUT2D eigenvalue weighted by Crippen LogP contribution is 2.33. The number of allylic oxidation sites excluding steroid dienone is 2. The molecular formula is C14H12N2O2. The van der Waals surface area contributed by atoms with Crippen molar-refractivity contribution in [1.29, 1.82) is 10.5 Å². The molecular weight excluding hydrogens is 228 g/mol. The van der Waals surface area contributed by atoms with Gasteiger partial charge in [0, 0.05) is 5.56 Å².